The van der Waals surface area contributed by atoms with Gasteiger partial charge in [0, 0.05) is 36.6 Å². The van der Waals surface area contributed by atoms with Gasteiger partial charge in [0.2, 0.25) is 0 Å². The Hall–Kier alpha value is -1.99. The molecule has 1 aliphatic heterocycles. The van der Waals surface area contributed by atoms with Crippen LogP contribution in [0.5, 0.6) is 0 Å². The lowest BCUT2D eigenvalue weighted by Crippen LogP contribution is -2.47. The summed E-state index contributed by atoms with van der Waals surface area (Å²) in [5, 5.41) is 6.18. The van der Waals surface area contributed by atoms with Crippen LogP contribution in [0.2, 0.25) is 0 Å². The molecular weight excluding hydrogens is 422 g/mol. The number of benzene rings is 1. The highest BCUT2D eigenvalue weighted by molar-refractivity contribution is 7.17. The lowest BCUT2D eigenvalue weighted by molar-refractivity contribution is 0.102. The van der Waals surface area contributed by atoms with E-state index in [-0.39, 0.29) is 11.9 Å². The number of hydrogen-bond acceptors (Lipinski definition) is 5. The maximum atomic E-state index is 12.9. The number of anilines is 1. The first kappa shape index (κ1) is 22.2. The highest BCUT2D eigenvalue weighted by atomic mass is 32.1. The van der Waals surface area contributed by atoms with E-state index >= 15 is 0 Å². The van der Waals surface area contributed by atoms with Crippen molar-refractivity contribution < 1.29 is 4.79 Å². The topological polar surface area (TPSA) is 35.6 Å². The van der Waals surface area contributed by atoms with Gasteiger partial charge in [0.1, 0.15) is 5.00 Å². The van der Waals surface area contributed by atoms with Crippen LogP contribution >= 0.6 is 22.7 Å². The number of hydrogen-bond donors (Lipinski definition) is 1. The summed E-state index contributed by atoms with van der Waals surface area (Å²) >= 11 is 3.18. The van der Waals surface area contributed by atoms with Gasteiger partial charge in [-0.1, -0.05) is 42.8 Å². The fourth-order valence-electron chi connectivity index (χ4n) is 4.29. The van der Waals surface area contributed by atoms with Gasteiger partial charge in [-0.25, -0.2) is 0 Å². The van der Waals surface area contributed by atoms with Crippen LogP contribution < -0.4 is 5.32 Å². The van der Waals surface area contributed by atoms with Gasteiger partial charge in [0.25, 0.3) is 5.91 Å². The second kappa shape index (κ2) is 9.65. The third kappa shape index (κ3) is 4.77. The molecule has 164 valence electrons. The molecule has 6 heteroatoms. The van der Waals surface area contributed by atoms with Crippen LogP contribution in [0.3, 0.4) is 0 Å². The Morgan fingerprint density at radius 3 is 2.39 bits per heavy atom. The molecule has 1 aliphatic rings. The van der Waals surface area contributed by atoms with Crippen LogP contribution in [0.15, 0.2) is 41.8 Å². The molecule has 1 fully saturated rings. The third-order valence-corrected chi connectivity index (χ3v) is 8.30. The van der Waals surface area contributed by atoms with Crippen LogP contribution in [0.25, 0.3) is 0 Å². The van der Waals surface area contributed by atoms with E-state index in [2.05, 4.69) is 67.1 Å². The molecule has 3 aromatic rings. The second-order valence-electron chi connectivity index (χ2n) is 8.24. The van der Waals surface area contributed by atoms with Crippen molar-refractivity contribution >= 4 is 33.6 Å². The smallest absolute Gasteiger partial charge is 0.266 e. The Balaban J connectivity index is 1.74. The standard InChI is InChI=1S/C25H31N3OS2/c1-5-27-12-14-28(15-13-27)23(20-10-8-17(2)9-11-20)22-18(3)19(4)31-25(22)26-24(29)21-7-6-16-30-21/h6-11,16,23H,5,12-15H2,1-4H3,(H,26,29). The molecule has 0 saturated carbocycles. The summed E-state index contributed by atoms with van der Waals surface area (Å²) in [6.07, 6.45) is 0. The predicted molar refractivity (Wildman–Crippen MR) is 133 cm³/mol. The number of carbonyl (C=O) groups is 1. The van der Waals surface area contributed by atoms with Crippen LogP contribution in [-0.4, -0.2) is 48.4 Å². The van der Waals surface area contributed by atoms with Gasteiger partial charge >= 0.3 is 0 Å². The fourth-order valence-corrected chi connectivity index (χ4v) is 5.99. The van der Waals surface area contributed by atoms with E-state index in [0.29, 0.717) is 0 Å². The Kier molecular flexibility index (Phi) is 6.92. The van der Waals surface area contributed by atoms with E-state index in [9.17, 15) is 4.79 Å². The zero-order valence-corrected chi connectivity index (χ0v) is 20.4. The fraction of sp³-hybridized carbons (Fsp3) is 0.400. The second-order valence-corrected chi connectivity index (χ2v) is 10.4. The van der Waals surface area contributed by atoms with Crippen LogP contribution in [0.4, 0.5) is 5.00 Å². The molecule has 1 amide bonds. The van der Waals surface area contributed by atoms with E-state index in [1.807, 2.05) is 17.5 Å². The minimum atomic E-state index is -0.0176. The summed E-state index contributed by atoms with van der Waals surface area (Å²) in [5.74, 6) is -0.0176. The molecule has 1 unspecified atom stereocenters. The zero-order chi connectivity index (χ0) is 22.0. The van der Waals surface area contributed by atoms with Gasteiger partial charge in [-0.2, -0.15) is 0 Å². The Labute approximate surface area is 193 Å². The van der Waals surface area contributed by atoms with Gasteiger partial charge in [-0.05, 0) is 49.9 Å². The molecule has 0 spiro atoms. The van der Waals surface area contributed by atoms with Crippen LogP contribution in [-0.2, 0) is 0 Å². The average molecular weight is 454 g/mol. The quantitative estimate of drug-likeness (QED) is 0.519. The summed E-state index contributed by atoms with van der Waals surface area (Å²) in [4.78, 5) is 20.0. The molecule has 0 aliphatic carbocycles. The number of carbonyl (C=O) groups excluding carboxylic acids is 1. The van der Waals surface area contributed by atoms with Crippen molar-refractivity contribution in [3.63, 3.8) is 0 Å². The van der Waals surface area contributed by atoms with Crippen molar-refractivity contribution in [2.75, 3.05) is 38.0 Å². The van der Waals surface area contributed by atoms with Gasteiger partial charge in [-0.15, -0.1) is 22.7 Å². The molecule has 2 aromatic heterocycles. The first-order valence-electron chi connectivity index (χ1n) is 11.0. The van der Waals surface area contributed by atoms with E-state index in [1.54, 1.807) is 11.3 Å². The summed E-state index contributed by atoms with van der Waals surface area (Å²) in [7, 11) is 0. The number of piperazine rings is 1. The lowest BCUT2D eigenvalue weighted by Gasteiger charge is -2.39. The molecular formula is C25H31N3OS2. The number of thiophene rings is 2. The molecule has 4 nitrogen and oxygen atoms in total. The highest BCUT2D eigenvalue weighted by Crippen LogP contribution is 2.42. The molecule has 1 aromatic carbocycles. The molecule has 3 heterocycles. The number of nitrogens with zero attached hydrogens (tertiary/aromatic N) is 2. The van der Waals surface area contributed by atoms with Crippen LogP contribution in [0.1, 0.15) is 49.8 Å². The summed E-state index contributed by atoms with van der Waals surface area (Å²) in [6.45, 7) is 14.0. The van der Waals surface area contributed by atoms with Crippen molar-refractivity contribution in [3.05, 3.63) is 73.8 Å². The molecule has 1 saturated heterocycles. The minimum Gasteiger partial charge on any atom is -0.313 e. The van der Waals surface area contributed by atoms with E-state index in [1.165, 1.54) is 38.5 Å². The first-order chi connectivity index (χ1) is 15.0. The summed E-state index contributed by atoms with van der Waals surface area (Å²) in [5.41, 5.74) is 5.10. The number of rotatable bonds is 6. The lowest BCUT2D eigenvalue weighted by atomic mass is 9.93. The third-order valence-electron chi connectivity index (χ3n) is 6.29. The number of aryl methyl sites for hydroxylation is 2. The number of amides is 1. The Morgan fingerprint density at radius 1 is 1.06 bits per heavy atom. The van der Waals surface area contributed by atoms with Crippen molar-refractivity contribution in [3.8, 4) is 0 Å². The Morgan fingerprint density at radius 2 is 1.77 bits per heavy atom. The summed E-state index contributed by atoms with van der Waals surface area (Å²) in [6, 6.07) is 12.9. The maximum absolute atomic E-state index is 12.9. The Bertz CT molecular complexity index is 1020. The molecule has 0 radical (unpaired) electrons. The minimum absolute atomic E-state index is 0.0176. The highest BCUT2D eigenvalue weighted by Gasteiger charge is 2.31. The van der Waals surface area contributed by atoms with E-state index in [0.717, 1.165) is 42.6 Å². The molecule has 31 heavy (non-hydrogen) atoms. The van der Waals surface area contributed by atoms with Gasteiger partial charge < -0.3 is 10.2 Å². The molecule has 0 bridgehead atoms. The monoisotopic (exact) mass is 453 g/mol. The average Bonchev–Trinajstić information content (AvgIpc) is 3.40. The van der Waals surface area contributed by atoms with Crippen molar-refractivity contribution in [2.24, 2.45) is 0 Å². The summed E-state index contributed by atoms with van der Waals surface area (Å²) < 4.78 is 0. The molecule has 4 rings (SSSR count). The normalized spacial score (nSPS) is 16.4. The molecule has 1 N–H and O–H groups in total. The van der Waals surface area contributed by atoms with E-state index in [4.69, 9.17) is 0 Å². The number of likely N-dealkylation sites (N-methyl/N-ethyl adjacent to an activating group) is 1. The van der Waals surface area contributed by atoms with Crippen molar-refractivity contribution in [2.45, 2.75) is 33.7 Å². The predicted octanol–water partition coefficient (Wildman–Crippen LogP) is 5.71. The van der Waals surface area contributed by atoms with Crippen LogP contribution in [0, 0.1) is 20.8 Å². The molecule has 1 atom stereocenters. The van der Waals surface area contributed by atoms with Crippen molar-refractivity contribution in [1.29, 1.82) is 0 Å². The van der Waals surface area contributed by atoms with Gasteiger partial charge in [0.15, 0.2) is 0 Å². The maximum Gasteiger partial charge on any atom is 0.266 e. The van der Waals surface area contributed by atoms with Gasteiger partial charge in [-0.3, -0.25) is 9.69 Å². The SMILES string of the molecule is CCN1CCN(C(c2ccc(C)cc2)c2c(NC(=O)c3cccs3)sc(C)c2C)CC1. The van der Waals surface area contributed by atoms with E-state index < -0.39 is 0 Å². The zero-order valence-electron chi connectivity index (χ0n) is 18.8. The largest absolute Gasteiger partial charge is 0.313 e. The van der Waals surface area contributed by atoms with Gasteiger partial charge in [0.05, 0.1) is 10.9 Å². The first-order valence-corrected chi connectivity index (χ1v) is 12.6. The number of nitrogens with one attached hydrogen (secondary N) is 1. The van der Waals surface area contributed by atoms with Crippen molar-refractivity contribution in [1.82, 2.24) is 9.80 Å².